The van der Waals surface area contributed by atoms with Gasteiger partial charge in [-0.2, -0.15) is 5.26 Å². The number of thioether (sulfide) groups is 2. The highest BCUT2D eigenvalue weighted by atomic mass is 79.9. The third-order valence-electron chi connectivity index (χ3n) is 4.66. The molecule has 1 heterocycles. The Morgan fingerprint density at radius 2 is 2.03 bits per heavy atom. The molecule has 2 aromatic rings. The summed E-state index contributed by atoms with van der Waals surface area (Å²) in [5, 5.41) is 15.8. The minimum Gasteiger partial charge on any atom is -0.325 e. The Bertz CT molecular complexity index is 1050. The zero-order chi connectivity index (χ0) is 21.7. The molecule has 0 aromatic heterocycles. The van der Waals surface area contributed by atoms with Crippen molar-refractivity contribution < 1.29 is 9.59 Å². The molecule has 2 amide bonds. The predicted octanol–water partition coefficient (Wildman–Crippen LogP) is 5.19. The molecular weight excluding hydrogens is 482 g/mol. The van der Waals surface area contributed by atoms with Gasteiger partial charge >= 0.3 is 0 Å². The van der Waals surface area contributed by atoms with Crippen LogP contribution in [0.1, 0.15) is 23.5 Å². The summed E-state index contributed by atoms with van der Waals surface area (Å²) < 4.78 is 0.972. The highest BCUT2D eigenvalue weighted by Crippen LogP contribution is 2.36. The Kier molecular flexibility index (Phi) is 7.64. The summed E-state index contributed by atoms with van der Waals surface area (Å²) in [6.07, 6.45) is 2.22. The minimum atomic E-state index is -0.306. The van der Waals surface area contributed by atoms with E-state index >= 15 is 0 Å². The second-order valence-corrected chi connectivity index (χ2v) is 9.45. The Morgan fingerprint density at radius 1 is 1.30 bits per heavy atom. The first-order chi connectivity index (χ1) is 14.4. The molecule has 2 aromatic carbocycles. The van der Waals surface area contributed by atoms with Gasteiger partial charge in [-0.3, -0.25) is 9.59 Å². The second kappa shape index (κ2) is 10.2. The number of nitriles is 1. The molecule has 8 heteroatoms. The first-order valence-corrected chi connectivity index (χ1v) is 12.2. The number of aryl methyl sites for hydroxylation is 1. The first kappa shape index (κ1) is 22.5. The van der Waals surface area contributed by atoms with Crippen LogP contribution in [0.25, 0.3) is 0 Å². The maximum atomic E-state index is 12.4. The molecule has 0 radical (unpaired) electrons. The fraction of sp³-hybridized carbons (Fsp3) is 0.227. The van der Waals surface area contributed by atoms with Crippen LogP contribution in [0.3, 0.4) is 0 Å². The summed E-state index contributed by atoms with van der Waals surface area (Å²) in [5.41, 5.74) is 3.14. The molecule has 0 saturated heterocycles. The number of carbonyl (C=O) groups is 2. The fourth-order valence-corrected chi connectivity index (χ4v) is 4.64. The van der Waals surface area contributed by atoms with Crippen LogP contribution in [0, 0.1) is 18.3 Å². The number of benzene rings is 2. The molecule has 5 nitrogen and oxygen atoms in total. The molecule has 1 atom stereocenters. The number of nitrogens with one attached hydrogen (secondary N) is 2. The molecule has 3 rings (SSSR count). The van der Waals surface area contributed by atoms with E-state index in [-0.39, 0.29) is 29.9 Å². The molecule has 1 aliphatic rings. The number of anilines is 1. The number of halogens is 1. The van der Waals surface area contributed by atoms with Crippen LogP contribution < -0.4 is 10.6 Å². The Morgan fingerprint density at radius 3 is 2.67 bits per heavy atom. The van der Waals surface area contributed by atoms with Gasteiger partial charge in [0.25, 0.3) is 0 Å². The van der Waals surface area contributed by atoms with E-state index in [9.17, 15) is 14.9 Å². The van der Waals surface area contributed by atoms with E-state index in [4.69, 9.17) is 0 Å². The molecule has 154 valence electrons. The van der Waals surface area contributed by atoms with Crippen LogP contribution in [0.2, 0.25) is 0 Å². The van der Waals surface area contributed by atoms with Crippen molar-refractivity contribution >= 4 is 57.0 Å². The van der Waals surface area contributed by atoms with Gasteiger partial charge in [0.2, 0.25) is 11.8 Å². The lowest BCUT2D eigenvalue weighted by Crippen LogP contribution is -2.31. The molecule has 2 N–H and O–H groups in total. The van der Waals surface area contributed by atoms with Gasteiger partial charge in [-0.15, -0.1) is 11.8 Å². The molecule has 0 aliphatic carbocycles. The first-order valence-electron chi connectivity index (χ1n) is 9.18. The van der Waals surface area contributed by atoms with Crippen molar-refractivity contribution in [1.29, 1.82) is 5.26 Å². The van der Waals surface area contributed by atoms with E-state index in [0.717, 1.165) is 20.5 Å². The summed E-state index contributed by atoms with van der Waals surface area (Å²) in [6.45, 7) is 1.95. The Hall–Kier alpha value is -2.21. The lowest BCUT2D eigenvalue weighted by molar-refractivity contribution is -0.121. The third kappa shape index (κ3) is 5.48. The summed E-state index contributed by atoms with van der Waals surface area (Å²) in [7, 11) is 0. The summed E-state index contributed by atoms with van der Waals surface area (Å²) in [4.78, 5) is 25.8. The van der Waals surface area contributed by atoms with Crippen LogP contribution in [0.15, 0.2) is 62.4 Å². The zero-order valence-corrected chi connectivity index (χ0v) is 19.7. The molecule has 1 aliphatic heterocycles. The molecule has 0 saturated carbocycles. The molecule has 30 heavy (non-hydrogen) atoms. The van der Waals surface area contributed by atoms with Crippen LogP contribution in [0.4, 0.5) is 5.69 Å². The van der Waals surface area contributed by atoms with Crippen LogP contribution in [-0.4, -0.2) is 23.8 Å². The quantitative estimate of drug-likeness (QED) is 0.532. The number of carbonyl (C=O) groups excluding carboxylic acids is 2. The van der Waals surface area contributed by atoms with Crippen molar-refractivity contribution in [2.45, 2.75) is 24.2 Å². The monoisotopic (exact) mass is 501 g/mol. The van der Waals surface area contributed by atoms with Crippen molar-refractivity contribution in [2.75, 3.05) is 17.3 Å². The van der Waals surface area contributed by atoms with Gasteiger partial charge in [0, 0.05) is 27.4 Å². The van der Waals surface area contributed by atoms with Crippen LogP contribution in [0.5, 0.6) is 0 Å². The van der Waals surface area contributed by atoms with Gasteiger partial charge in [0.05, 0.1) is 22.4 Å². The van der Waals surface area contributed by atoms with Crippen LogP contribution >= 0.6 is 39.5 Å². The Balaban J connectivity index is 1.74. The average molecular weight is 502 g/mol. The average Bonchev–Trinajstić information content (AvgIpc) is 2.74. The molecule has 0 fully saturated rings. The number of hydrogen-bond donors (Lipinski definition) is 2. The van der Waals surface area contributed by atoms with Crippen molar-refractivity contribution in [2.24, 2.45) is 0 Å². The normalized spacial score (nSPS) is 16.1. The van der Waals surface area contributed by atoms with E-state index < -0.39 is 0 Å². The maximum Gasteiger partial charge on any atom is 0.234 e. The maximum absolute atomic E-state index is 12.4. The lowest BCUT2D eigenvalue weighted by Gasteiger charge is -2.25. The SMILES string of the molecule is CSc1ccc([C@@H]2CC(=O)NC(SCC(=O)Nc3ccc(Br)c(C)c3)=C2C#N)cc1. The Labute approximate surface area is 192 Å². The highest BCUT2D eigenvalue weighted by Gasteiger charge is 2.29. The van der Waals surface area contributed by atoms with Crippen molar-refractivity contribution in [3.63, 3.8) is 0 Å². The summed E-state index contributed by atoms with van der Waals surface area (Å²) in [5.74, 6) is -0.570. The standard InChI is InChI=1S/C22H20BrN3O2S2/c1-13-9-15(5-8-19(13)23)25-21(28)12-30-22-18(11-24)17(10-20(27)26-22)14-3-6-16(29-2)7-4-14/h3-9,17H,10,12H2,1-2H3,(H,25,28)(H,26,27)/t17-/m0/s1. The van der Waals surface area contributed by atoms with E-state index in [1.54, 1.807) is 11.8 Å². The molecular formula is C22H20BrN3O2S2. The van der Waals surface area contributed by atoms with Gasteiger partial charge in [-0.1, -0.05) is 39.8 Å². The summed E-state index contributed by atoms with van der Waals surface area (Å²) >= 11 is 6.25. The van der Waals surface area contributed by atoms with E-state index in [0.29, 0.717) is 16.3 Å². The third-order valence-corrected chi connectivity index (χ3v) is 7.31. The summed E-state index contributed by atoms with van der Waals surface area (Å²) in [6, 6.07) is 15.7. The number of nitrogens with zero attached hydrogens (tertiary/aromatic N) is 1. The van der Waals surface area contributed by atoms with Crippen molar-refractivity contribution in [3.05, 3.63) is 68.7 Å². The number of amides is 2. The van der Waals surface area contributed by atoms with Gasteiger partial charge in [-0.25, -0.2) is 0 Å². The topological polar surface area (TPSA) is 82.0 Å². The van der Waals surface area contributed by atoms with E-state index in [2.05, 4.69) is 32.6 Å². The van der Waals surface area contributed by atoms with Crippen molar-refractivity contribution in [3.8, 4) is 6.07 Å². The number of allylic oxidation sites excluding steroid dienone is 1. The van der Waals surface area contributed by atoms with E-state index in [1.165, 1.54) is 11.8 Å². The largest absolute Gasteiger partial charge is 0.325 e. The van der Waals surface area contributed by atoms with Gasteiger partial charge in [0.15, 0.2) is 0 Å². The van der Waals surface area contributed by atoms with Gasteiger partial charge in [0.1, 0.15) is 0 Å². The second-order valence-electron chi connectivity index (χ2n) is 6.73. The predicted molar refractivity (Wildman–Crippen MR) is 126 cm³/mol. The molecule has 0 spiro atoms. The smallest absolute Gasteiger partial charge is 0.234 e. The van der Waals surface area contributed by atoms with Crippen molar-refractivity contribution in [1.82, 2.24) is 5.32 Å². The van der Waals surface area contributed by atoms with Gasteiger partial charge < -0.3 is 10.6 Å². The van der Waals surface area contributed by atoms with Gasteiger partial charge in [-0.05, 0) is 54.6 Å². The van der Waals surface area contributed by atoms with Crippen LogP contribution in [-0.2, 0) is 9.59 Å². The number of rotatable bonds is 6. The lowest BCUT2D eigenvalue weighted by atomic mass is 9.87. The number of hydrogen-bond acceptors (Lipinski definition) is 5. The highest BCUT2D eigenvalue weighted by molar-refractivity contribution is 9.10. The minimum absolute atomic E-state index is 0.0913. The zero-order valence-electron chi connectivity index (χ0n) is 16.5. The molecule has 0 bridgehead atoms. The molecule has 0 unspecified atom stereocenters. The van der Waals surface area contributed by atoms with E-state index in [1.807, 2.05) is 55.6 Å². The fourth-order valence-electron chi connectivity index (χ4n) is 3.11.